The molecule has 2 heterocycles. The summed E-state index contributed by atoms with van der Waals surface area (Å²) in [5.41, 5.74) is 2.64. The Morgan fingerprint density at radius 1 is 1.12 bits per heavy atom. The molecule has 0 radical (unpaired) electrons. The van der Waals surface area contributed by atoms with Gasteiger partial charge >= 0.3 is 0 Å². The molecule has 5 nitrogen and oxygen atoms in total. The van der Waals surface area contributed by atoms with Crippen LogP contribution in [0.4, 0.5) is 8.78 Å². The van der Waals surface area contributed by atoms with Gasteiger partial charge in [-0.25, -0.2) is 8.78 Å². The lowest BCUT2D eigenvalue weighted by atomic mass is 10.1. The molecule has 1 N–H and O–H groups in total. The maximum absolute atomic E-state index is 13.2. The molecule has 0 fully saturated rings. The Balaban J connectivity index is 1.70. The fourth-order valence-electron chi connectivity index (χ4n) is 2.23. The molecule has 1 amide bonds. The van der Waals surface area contributed by atoms with Crippen molar-refractivity contribution in [2.24, 2.45) is 7.05 Å². The zero-order chi connectivity index (χ0) is 17.1. The Morgan fingerprint density at radius 3 is 2.67 bits per heavy atom. The van der Waals surface area contributed by atoms with Crippen LogP contribution in [0.5, 0.6) is 0 Å². The number of hydrogen-bond acceptors (Lipinski definition) is 3. The zero-order valence-corrected chi connectivity index (χ0v) is 12.8. The Morgan fingerprint density at radius 2 is 1.96 bits per heavy atom. The van der Waals surface area contributed by atoms with Crippen LogP contribution in [0.1, 0.15) is 15.9 Å². The third-order valence-electron chi connectivity index (χ3n) is 3.47. The molecule has 0 aliphatic rings. The Labute approximate surface area is 137 Å². The molecular weight excluding hydrogens is 314 g/mol. The van der Waals surface area contributed by atoms with Gasteiger partial charge in [0.2, 0.25) is 0 Å². The summed E-state index contributed by atoms with van der Waals surface area (Å²) in [6.45, 7) is 0.221. The van der Waals surface area contributed by atoms with Crippen LogP contribution in [0.25, 0.3) is 11.1 Å². The number of nitrogens with one attached hydrogen (secondary N) is 1. The van der Waals surface area contributed by atoms with Crippen molar-refractivity contribution in [2.75, 3.05) is 0 Å². The number of aryl methyl sites for hydroxylation is 1. The van der Waals surface area contributed by atoms with Crippen molar-refractivity contribution in [2.45, 2.75) is 6.54 Å². The summed E-state index contributed by atoms with van der Waals surface area (Å²) < 4.78 is 27.8. The number of benzene rings is 1. The fourth-order valence-corrected chi connectivity index (χ4v) is 2.23. The molecule has 0 saturated carbocycles. The second-order valence-electron chi connectivity index (χ2n) is 5.30. The fraction of sp³-hybridized carbons (Fsp3) is 0.118. The normalized spacial score (nSPS) is 10.6. The number of nitrogens with zero attached hydrogens (tertiary/aromatic N) is 3. The number of hydrogen-bond donors (Lipinski definition) is 1. The average Bonchev–Trinajstić information content (AvgIpc) is 3.02. The largest absolute Gasteiger partial charge is 0.348 e. The highest BCUT2D eigenvalue weighted by molar-refractivity contribution is 5.94. The molecule has 0 unspecified atom stereocenters. The van der Waals surface area contributed by atoms with Crippen LogP contribution in [-0.2, 0) is 13.6 Å². The molecule has 0 aliphatic carbocycles. The summed E-state index contributed by atoms with van der Waals surface area (Å²) in [6.07, 6.45) is 6.92. The lowest BCUT2D eigenvalue weighted by Gasteiger charge is -2.07. The number of aromatic nitrogens is 3. The summed E-state index contributed by atoms with van der Waals surface area (Å²) >= 11 is 0. The second kappa shape index (κ2) is 6.57. The third-order valence-corrected chi connectivity index (χ3v) is 3.47. The summed E-state index contributed by atoms with van der Waals surface area (Å²) in [7, 11) is 1.82. The molecule has 0 bridgehead atoms. The van der Waals surface area contributed by atoms with Crippen molar-refractivity contribution in [3.8, 4) is 11.1 Å². The maximum atomic E-state index is 13.2. The number of amides is 1. The van der Waals surface area contributed by atoms with Gasteiger partial charge in [0.25, 0.3) is 5.91 Å². The molecule has 3 rings (SSSR count). The smallest absolute Gasteiger partial charge is 0.251 e. The number of pyridine rings is 1. The van der Waals surface area contributed by atoms with Crippen molar-refractivity contribution in [1.82, 2.24) is 20.1 Å². The van der Waals surface area contributed by atoms with Crippen LogP contribution in [0, 0.1) is 11.6 Å². The van der Waals surface area contributed by atoms with Crippen LogP contribution in [0.3, 0.4) is 0 Å². The number of carbonyl (C=O) groups is 1. The van der Waals surface area contributed by atoms with Gasteiger partial charge < -0.3 is 5.32 Å². The third kappa shape index (κ3) is 3.45. The molecular formula is C17H14F2N4O. The Bertz CT molecular complexity index is 892. The van der Waals surface area contributed by atoms with E-state index in [1.165, 1.54) is 6.07 Å². The monoisotopic (exact) mass is 328 g/mol. The van der Waals surface area contributed by atoms with Crippen LogP contribution >= 0.6 is 0 Å². The minimum atomic E-state index is -1.05. The van der Waals surface area contributed by atoms with Crippen molar-refractivity contribution in [3.05, 3.63) is 71.8 Å². The lowest BCUT2D eigenvalue weighted by Crippen LogP contribution is -2.23. The molecule has 0 spiro atoms. The second-order valence-corrected chi connectivity index (χ2v) is 5.30. The molecule has 1 aromatic carbocycles. The first-order valence-electron chi connectivity index (χ1n) is 7.19. The Hall–Kier alpha value is -3.09. The van der Waals surface area contributed by atoms with E-state index in [1.807, 2.05) is 19.3 Å². The van der Waals surface area contributed by atoms with E-state index in [9.17, 15) is 13.6 Å². The van der Waals surface area contributed by atoms with Gasteiger partial charge in [0.15, 0.2) is 11.6 Å². The SMILES string of the molecule is Cn1cc(-c2cncc(CNC(=O)c3ccc(F)c(F)c3)c2)cn1. The summed E-state index contributed by atoms with van der Waals surface area (Å²) in [5, 5.41) is 6.76. The average molecular weight is 328 g/mol. The number of halogens is 2. The van der Waals surface area contributed by atoms with E-state index in [-0.39, 0.29) is 12.1 Å². The van der Waals surface area contributed by atoms with Crippen molar-refractivity contribution < 1.29 is 13.6 Å². The van der Waals surface area contributed by atoms with E-state index in [0.29, 0.717) is 0 Å². The van der Waals surface area contributed by atoms with Crippen LogP contribution in [0.15, 0.2) is 49.1 Å². The minimum Gasteiger partial charge on any atom is -0.348 e. The van der Waals surface area contributed by atoms with E-state index in [2.05, 4.69) is 15.4 Å². The van der Waals surface area contributed by atoms with Gasteiger partial charge in [-0.3, -0.25) is 14.5 Å². The van der Waals surface area contributed by atoms with E-state index in [0.717, 1.165) is 28.8 Å². The maximum Gasteiger partial charge on any atom is 0.251 e. The van der Waals surface area contributed by atoms with Crippen molar-refractivity contribution in [3.63, 3.8) is 0 Å². The van der Waals surface area contributed by atoms with Gasteiger partial charge in [0.1, 0.15) is 0 Å². The zero-order valence-electron chi connectivity index (χ0n) is 12.8. The molecule has 7 heteroatoms. The van der Waals surface area contributed by atoms with E-state index in [1.54, 1.807) is 23.3 Å². The predicted molar refractivity (Wildman–Crippen MR) is 84.0 cm³/mol. The Kier molecular flexibility index (Phi) is 4.33. The predicted octanol–water partition coefficient (Wildman–Crippen LogP) is 2.69. The van der Waals surface area contributed by atoms with Crippen LogP contribution in [0.2, 0.25) is 0 Å². The highest BCUT2D eigenvalue weighted by atomic mass is 19.2. The number of rotatable bonds is 4. The minimum absolute atomic E-state index is 0.0604. The topological polar surface area (TPSA) is 59.8 Å². The van der Waals surface area contributed by atoms with Crippen molar-refractivity contribution in [1.29, 1.82) is 0 Å². The van der Waals surface area contributed by atoms with Gasteiger partial charge in [0, 0.05) is 48.9 Å². The quantitative estimate of drug-likeness (QED) is 0.801. The van der Waals surface area contributed by atoms with Crippen molar-refractivity contribution >= 4 is 5.91 Å². The van der Waals surface area contributed by atoms with Gasteiger partial charge in [0.05, 0.1) is 6.20 Å². The molecule has 2 aromatic heterocycles. The first-order chi connectivity index (χ1) is 11.5. The van der Waals surface area contributed by atoms with E-state index >= 15 is 0 Å². The molecule has 0 atom stereocenters. The molecule has 0 saturated heterocycles. The summed E-state index contributed by atoms with van der Waals surface area (Å²) in [4.78, 5) is 16.2. The molecule has 122 valence electrons. The molecule has 3 aromatic rings. The number of carbonyl (C=O) groups excluding carboxylic acids is 1. The lowest BCUT2D eigenvalue weighted by molar-refractivity contribution is 0.0950. The summed E-state index contributed by atoms with van der Waals surface area (Å²) in [5.74, 6) is -2.52. The van der Waals surface area contributed by atoms with E-state index in [4.69, 9.17) is 0 Å². The van der Waals surface area contributed by atoms with Gasteiger partial charge in [-0.1, -0.05) is 0 Å². The first-order valence-corrected chi connectivity index (χ1v) is 7.19. The van der Waals surface area contributed by atoms with Crippen LogP contribution in [-0.4, -0.2) is 20.7 Å². The van der Waals surface area contributed by atoms with Gasteiger partial charge in [-0.15, -0.1) is 0 Å². The highest BCUT2D eigenvalue weighted by Crippen LogP contribution is 2.18. The van der Waals surface area contributed by atoms with E-state index < -0.39 is 17.5 Å². The highest BCUT2D eigenvalue weighted by Gasteiger charge is 2.10. The molecule has 0 aliphatic heterocycles. The van der Waals surface area contributed by atoms with Gasteiger partial charge in [-0.05, 0) is 29.8 Å². The molecule has 24 heavy (non-hydrogen) atoms. The first kappa shape index (κ1) is 15.8. The standard InChI is InChI=1S/C17H14F2N4O/c1-23-10-14(9-22-23)13-4-11(6-20-8-13)7-21-17(24)12-2-3-15(18)16(19)5-12/h2-6,8-10H,7H2,1H3,(H,21,24). The summed E-state index contributed by atoms with van der Waals surface area (Å²) in [6, 6.07) is 4.91. The van der Waals surface area contributed by atoms with Crippen LogP contribution < -0.4 is 5.32 Å². The van der Waals surface area contributed by atoms with Gasteiger partial charge in [-0.2, -0.15) is 5.10 Å².